The molecule has 0 aromatic carbocycles. The van der Waals surface area contributed by atoms with Gasteiger partial charge in [0.05, 0.1) is 17.8 Å². The zero-order valence-corrected chi connectivity index (χ0v) is 17.9. The number of nitrogens with one attached hydrogen (secondary N) is 4. The first kappa shape index (κ1) is 20.1. The van der Waals surface area contributed by atoms with E-state index in [0.717, 1.165) is 19.0 Å². The number of fused-ring (bicyclic) bond motifs is 2. The fourth-order valence-electron chi connectivity index (χ4n) is 6.46. The Morgan fingerprint density at radius 3 is 2.88 bits per heavy atom. The number of carbonyl (C=O) groups is 1. The van der Waals surface area contributed by atoms with Crippen molar-refractivity contribution in [3.8, 4) is 0 Å². The number of aliphatic imine (C=N–C) groups is 1. The van der Waals surface area contributed by atoms with Gasteiger partial charge in [-0.3, -0.25) is 10.2 Å². The van der Waals surface area contributed by atoms with Crippen molar-refractivity contribution in [3.05, 3.63) is 53.9 Å². The van der Waals surface area contributed by atoms with Crippen LogP contribution >= 0.6 is 0 Å². The summed E-state index contributed by atoms with van der Waals surface area (Å²) >= 11 is 0. The lowest BCUT2D eigenvalue weighted by Crippen LogP contribution is -2.62. The Morgan fingerprint density at radius 2 is 2.12 bits per heavy atom. The fourth-order valence-corrected chi connectivity index (χ4v) is 6.46. The number of H-pyrrole nitrogens is 2. The van der Waals surface area contributed by atoms with E-state index < -0.39 is 17.7 Å². The molecule has 9 heteroatoms. The van der Waals surface area contributed by atoms with E-state index in [-0.39, 0.29) is 17.8 Å². The molecule has 4 aliphatic carbocycles. The Kier molecular flexibility index (Phi) is 4.60. The largest absolute Gasteiger partial charge is 0.481 e. The second-order valence-electron chi connectivity index (χ2n) is 9.56. The van der Waals surface area contributed by atoms with Crippen molar-refractivity contribution in [2.75, 3.05) is 0 Å². The van der Waals surface area contributed by atoms with Crippen LogP contribution in [0.2, 0.25) is 0 Å². The third-order valence-corrected chi connectivity index (χ3v) is 8.02. The zero-order valence-electron chi connectivity index (χ0n) is 17.9. The van der Waals surface area contributed by atoms with E-state index in [1.807, 2.05) is 12.1 Å². The average molecular weight is 449 g/mol. The Labute approximate surface area is 189 Å². The molecule has 4 aliphatic rings. The van der Waals surface area contributed by atoms with Gasteiger partial charge in [-0.25, -0.2) is 14.4 Å². The van der Waals surface area contributed by atoms with E-state index >= 15 is 0 Å². The number of carboxylic acids is 1. The Balaban J connectivity index is 1.36. The molecule has 0 radical (unpaired) electrons. The number of hydrogen-bond donors (Lipinski definition) is 5. The van der Waals surface area contributed by atoms with Crippen molar-refractivity contribution in [2.45, 2.75) is 31.7 Å². The standard InChI is InChI=1S/C24H25FN6O2/c25-12-7-16-18(10-29-22(16)28-9-12)21(26)31-23(19-2-1-5-27-19)30-20-13-4-3-11-6-15(13)14(11)8-17(20)24(32)33/h1-2,5,7,9-11,13-15,17,20,27H,3-4,6,8H2,(H,28,29)(H,32,33)(H2,26,30,31)/t11-,13-,14?,15-,17+,20+/m1/s1. The summed E-state index contributed by atoms with van der Waals surface area (Å²) in [5.74, 6) is 0.705. The number of hydrogen-bond acceptors (Lipinski definition) is 3. The zero-order chi connectivity index (χ0) is 22.7. The molecule has 7 rings (SSSR count). The number of amidine groups is 2. The normalized spacial score (nSPS) is 30.6. The Morgan fingerprint density at radius 1 is 1.24 bits per heavy atom. The smallest absolute Gasteiger partial charge is 0.308 e. The van der Waals surface area contributed by atoms with E-state index in [1.54, 1.807) is 12.4 Å². The first-order valence-corrected chi connectivity index (χ1v) is 11.4. The minimum absolute atomic E-state index is 0.0568. The summed E-state index contributed by atoms with van der Waals surface area (Å²) in [6, 6.07) is 4.76. The van der Waals surface area contributed by atoms with Gasteiger partial charge in [0.1, 0.15) is 11.5 Å². The lowest BCUT2D eigenvalue weighted by atomic mass is 9.45. The molecule has 1 unspecified atom stereocenters. The van der Waals surface area contributed by atoms with Crippen molar-refractivity contribution in [2.24, 2.45) is 34.6 Å². The first-order chi connectivity index (χ1) is 16.0. The lowest BCUT2D eigenvalue weighted by Gasteiger charge is -2.61. The number of pyridine rings is 1. The van der Waals surface area contributed by atoms with Crippen LogP contribution in [0.3, 0.4) is 0 Å². The van der Waals surface area contributed by atoms with Crippen molar-refractivity contribution >= 4 is 28.7 Å². The van der Waals surface area contributed by atoms with Crippen LogP contribution in [0.25, 0.3) is 11.0 Å². The van der Waals surface area contributed by atoms with Crippen LogP contribution in [0.4, 0.5) is 4.39 Å². The number of aromatic nitrogens is 3. The predicted molar refractivity (Wildman–Crippen MR) is 121 cm³/mol. The third-order valence-electron chi connectivity index (χ3n) is 8.02. The molecule has 4 bridgehead atoms. The maximum atomic E-state index is 13.8. The minimum atomic E-state index is -0.775. The molecule has 5 N–H and O–H groups in total. The van der Waals surface area contributed by atoms with Crippen LogP contribution in [-0.2, 0) is 4.79 Å². The van der Waals surface area contributed by atoms with Gasteiger partial charge >= 0.3 is 5.97 Å². The Hall–Kier alpha value is -3.49. The molecule has 3 aromatic rings. The van der Waals surface area contributed by atoms with Gasteiger partial charge in [-0.2, -0.15) is 0 Å². The van der Waals surface area contributed by atoms with Crippen molar-refractivity contribution < 1.29 is 14.3 Å². The summed E-state index contributed by atoms with van der Waals surface area (Å²) in [4.78, 5) is 26.9. The molecule has 8 nitrogen and oxygen atoms in total. The number of aromatic amines is 2. The van der Waals surface area contributed by atoms with E-state index in [4.69, 9.17) is 5.41 Å². The van der Waals surface area contributed by atoms with Crippen molar-refractivity contribution in [3.63, 3.8) is 0 Å². The second-order valence-corrected chi connectivity index (χ2v) is 9.56. The highest BCUT2D eigenvalue weighted by Crippen LogP contribution is 2.60. The molecular formula is C24H25FN6O2. The van der Waals surface area contributed by atoms with Crippen LogP contribution in [-0.4, -0.2) is 43.7 Å². The highest BCUT2D eigenvalue weighted by atomic mass is 19.1. The predicted octanol–water partition coefficient (Wildman–Crippen LogP) is 3.53. The van der Waals surface area contributed by atoms with Crippen LogP contribution < -0.4 is 5.32 Å². The third kappa shape index (κ3) is 3.25. The molecule has 0 amide bonds. The topological polar surface area (TPSA) is 130 Å². The SMILES string of the molecule is N=C(/N=C(/N[C@H]1[C@@H]2CC[C@@H]3C[C@H]2C3C[C@@H]1C(=O)O)c1ccc[nH]1)c1c[nH]c2ncc(F)cc12. The molecule has 33 heavy (non-hydrogen) atoms. The van der Waals surface area contributed by atoms with Crippen LogP contribution in [0, 0.1) is 40.8 Å². The van der Waals surface area contributed by atoms with Gasteiger partial charge in [0.2, 0.25) is 0 Å². The number of rotatable bonds is 4. The van der Waals surface area contributed by atoms with Gasteiger partial charge in [-0.05, 0) is 67.6 Å². The molecule has 0 saturated heterocycles. The molecule has 3 heterocycles. The summed E-state index contributed by atoms with van der Waals surface area (Å²) in [7, 11) is 0. The maximum absolute atomic E-state index is 13.8. The maximum Gasteiger partial charge on any atom is 0.308 e. The van der Waals surface area contributed by atoms with Gasteiger partial charge in [0, 0.05) is 29.4 Å². The van der Waals surface area contributed by atoms with Crippen molar-refractivity contribution in [1.82, 2.24) is 20.3 Å². The summed E-state index contributed by atoms with van der Waals surface area (Å²) in [5, 5.41) is 22.6. The average Bonchev–Trinajstić information content (AvgIpc) is 3.46. The molecule has 6 atom stereocenters. The monoisotopic (exact) mass is 448 g/mol. The summed E-state index contributed by atoms with van der Waals surface area (Å²) in [6.07, 6.45) is 8.56. The number of nitrogens with zero attached hydrogens (tertiary/aromatic N) is 2. The van der Waals surface area contributed by atoms with Gasteiger partial charge in [0.25, 0.3) is 0 Å². The van der Waals surface area contributed by atoms with E-state index in [1.165, 1.54) is 12.5 Å². The number of halogens is 1. The molecule has 3 aromatic heterocycles. The first-order valence-electron chi connectivity index (χ1n) is 11.4. The number of aliphatic carboxylic acids is 1. The van der Waals surface area contributed by atoms with Gasteiger partial charge in [0.15, 0.2) is 11.7 Å². The Bertz CT molecular complexity index is 1260. The molecule has 170 valence electrons. The van der Waals surface area contributed by atoms with Crippen molar-refractivity contribution in [1.29, 1.82) is 5.41 Å². The van der Waals surface area contributed by atoms with Crippen LogP contribution in [0.1, 0.15) is 36.9 Å². The molecule has 0 spiro atoms. The minimum Gasteiger partial charge on any atom is -0.481 e. The number of carboxylic acid groups (broad SMARTS) is 1. The van der Waals surface area contributed by atoms with Crippen LogP contribution in [0.5, 0.6) is 0 Å². The molecule has 0 aliphatic heterocycles. The summed E-state index contributed by atoms with van der Waals surface area (Å²) in [5.41, 5.74) is 1.59. The summed E-state index contributed by atoms with van der Waals surface area (Å²) < 4.78 is 13.8. The van der Waals surface area contributed by atoms with Gasteiger partial charge in [-0.15, -0.1) is 0 Å². The molecular weight excluding hydrogens is 423 g/mol. The van der Waals surface area contributed by atoms with E-state index in [2.05, 4.69) is 25.3 Å². The summed E-state index contributed by atoms with van der Waals surface area (Å²) in [6.45, 7) is 0. The van der Waals surface area contributed by atoms with Gasteiger partial charge < -0.3 is 20.4 Å². The lowest BCUT2D eigenvalue weighted by molar-refractivity contribution is -0.156. The molecule has 4 saturated carbocycles. The second kappa shape index (κ2) is 7.54. The van der Waals surface area contributed by atoms with E-state index in [9.17, 15) is 14.3 Å². The molecule has 4 fully saturated rings. The van der Waals surface area contributed by atoms with Crippen LogP contribution in [0.15, 0.2) is 41.8 Å². The van der Waals surface area contributed by atoms with Gasteiger partial charge in [-0.1, -0.05) is 0 Å². The highest BCUT2D eigenvalue weighted by Gasteiger charge is 2.57. The quantitative estimate of drug-likeness (QED) is 0.309. The van der Waals surface area contributed by atoms with E-state index in [0.29, 0.717) is 52.3 Å². The highest BCUT2D eigenvalue weighted by molar-refractivity contribution is 6.14. The fraction of sp³-hybridized carbons (Fsp3) is 0.417.